The summed E-state index contributed by atoms with van der Waals surface area (Å²) in [7, 11) is -3.78. The highest BCUT2D eigenvalue weighted by molar-refractivity contribution is 7.93. The minimum absolute atomic E-state index is 0.0222. The molecule has 2 aromatic heterocycles. The fraction of sp³-hybridized carbons (Fsp3) is 0. The number of H-pyrrole nitrogens is 1. The van der Waals surface area contributed by atoms with Crippen LogP contribution in [0.4, 0.5) is 10.8 Å². The first-order chi connectivity index (χ1) is 14.8. The van der Waals surface area contributed by atoms with Crippen molar-refractivity contribution in [3.05, 3.63) is 70.8 Å². The highest BCUT2D eigenvalue weighted by Gasteiger charge is 2.17. The van der Waals surface area contributed by atoms with E-state index in [-0.39, 0.29) is 21.5 Å². The Labute approximate surface area is 185 Å². The molecule has 0 bridgehead atoms. The summed E-state index contributed by atoms with van der Waals surface area (Å²) >= 11 is 7.11. The van der Waals surface area contributed by atoms with Crippen LogP contribution in [0.1, 0.15) is 10.5 Å². The molecule has 0 saturated carbocycles. The van der Waals surface area contributed by atoms with Crippen LogP contribution in [0.3, 0.4) is 0 Å². The van der Waals surface area contributed by atoms with E-state index in [9.17, 15) is 18.3 Å². The quantitative estimate of drug-likeness (QED) is 0.333. The topological polar surface area (TPSA) is 137 Å². The molecule has 0 saturated heterocycles. The summed E-state index contributed by atoms with van der Waals surface area (Å²) in [4.78, 5) is 16.4. The monoisotopic (exact) mass is 475 g/mol. The molecule has 1 amide bonds. The van der Waals surface area contributed by atoms with Gasteiger partial charge in [-0.15, -0.1) is 11.3 Å². The number of anilines is 2. The van der Waals surface area contributed by atoms with Gasteiger partial charge in [-0.25, -0.2) is 13.4 Å². The Hall–Kier alpha value is -3.41. The Kier molecular flexibility index (Phi) is 5.63. The molecule has 2 heterocycles. The van der Waals surface area contributed by atoms with E-state index in [1.54, 1.807) is 5.38 Å². The van der Waals surface area contributed by atoms with Gasteiger partial charge in [-0.2, -0.15) is 5.10 Å². The Morgan fingerprint density at radius 2 is 1.90 bits per heavy atom. The number of halogens is 1. The maximum Gasteiger partial charge on any atom is 0.273 e. The van der Waals surface area contributed by atoms with Gasteiger partial charge in [0, 0.05) is 27.9 Å². The zero-order valence-electron chi connectivity index (χ0n) is 15.5. The third-order valence-electron chi connectivity index (χ3n) is 4.13. The minimum Gasteiger partial charge on any atom is -0.507 e. The van der Waals surface area contributed by atoms with Crippen molar-refractivity contribution in [2.24, 2.45) is 0 Å². The molecule has 0 atom stereocenters. The number of phenols is 1. The molecule has 4 N–H and O–H groups in total. The Bertz CT molecular complexity index is 1340. The fourth-order valence-electron chi connectivity index (χ4n) is 2.65. The highest BCUT2D eigenvalue weighted by Crippen LogP contribution is 2.30. The van der Waals surface area contributed by atoms with E-state index < -0.39 is 15.9 Å². The van der Waals surface area contributed by atoms with Crippen LogP contribution in [0.2, 0.25) is 5.02 Å². The number of nitrogens with one attached hydrogen (secondary N) is 3. The van der Waals surface area contributed by atoms with Gasteiger partial charge in [0.1, 0.15) is 11.4 Å². The molecule has 0 spiro atoms. The summed E-state index contributed by atoms with van der Waals surface area (Å²) in [6.07, 6.45) is 1.50. The number of benzene rings is 2. The van der Waals surface area contributed by atoms with Crippen molar-refractivity contribution in [2.75, 3.05) is 10.0 Å². The van der Waals surface area contributed by atoms with E-state index >= 15 is 0 Å². The summed E-state index contributed by atoms with van der Waals surface area (Å²) in [5, 5.41) is 21.6. The maximum atomic E-state index is 12.5. The van der Waals surface area contributed by atoms with Crippen LogP contribution in [-0.4, -0.2) is 34.6 Å². The number of hydrogen-bond acceptors (Lipinski definition) is 7. The van der Waals surface area contributed by atoms with Gasteiger partial charge in [0.05, 0.1) is 10.6 Å². The average molecular weight is 476 g/mol. The summed E-state index contributed by atoms with van der Waals surface area (Å²) in [6.45, 7) is 0. The molecule has 9 nitrogen and oxygen atoms in total. The average Bonchev–Trinajstić information content (AvgIpc) is 3.42. The van der Waals surface area contributed by atoms with E-state index in [4.69, 9.17) is 11.6 Å². The molecule has 4 rings (SSSR count). The van der Waals surface area contributed by atoms with Crippen LogP contribution < -0.4 is 10.0 Å². The first-order valence-corrected chi connectivity index (χ1v) is 11.4. The number of aromatic hydroxyl groups is 1. The second-order valence-corrected chi connectivity index (χ2v) is 9.26. The van der Waals surface area contributed by atoms with Gasteiger partial charge < -0.3 is 10.4 Å². The lowest BCUT2D eigenvalue weighted by atomic mass is 10.1. The third kappa shape index (κ3) is 4.68. The van der Waals surface area contributed by atoms with Gasteiger partial charge in [0.25, 0.3) is 15.9 Å². The summed E-state index contributed by atoms with van der Waals surface area (Å²) in [6, 6.07) is 11.7. The second kappa shape index (κ2) is 8.38. The highest BCUT2D eigenvalue weighted by atomic mass is 35.5. The van der Waals surface area contributed by atoms with Crippen LogP contribution in [0.25, 0.3) is 11.3 Å². The van der Waals surface area contributed by atoms with Crippen molar-refractivity contribution in [2.45, 2.75) is 4.90 Å². The van der Waals surface area contributed by atoms with Crippen LogP contribution in [0.15, 0.2) is 65.0 Å². The second-order valence-electron chi connectivity index (χ2n) is 6.25. The van der Waals surface area contributed by atoms with Crippen molar-refractivity contribution in [3.8, 4) is 17.0 Å². The van der Waals surface area contributed by atoms with E-state index in [2.05, 4.69) is 25.2 Å². The number of aromatic amines is 1. The van der Waals surface area contributed by atoms with Crippen molar-refractivity contribution in [1.82, 2.24) is 15.2 Å². The van der Waals surface area contributed by atoms with Crippen LogP contribution in [-0.2, 0) is 10.0 Å². The normalized spacial score (nSPS) is 11.3. The number of carbonyl (C=O) groups is 1. The molecule has 2 aromatic carbocycles. The number of phenolic OH excluding ortho intramolecular Hbond substituents is 1. The Morgan fingerprint density at radius 1 is 1.13 bits per heavy atom. The van der Waals surface area contributed by atoms with Crippen molar-refractivity contribution < 1.29 is 18.3 Å². The zero-order valence-corrected chi connectivity index (χ0v) is 17.9. The number of amides is 1. The molecule has 0 aliphatic carbocycles. The lowest BCUT2D eigenvalue weighted by Crippen LogP contribution is -2.14. The smallest absolute Gasteiger partial charge is 0.273 e. The van der Waals surface area contributed by atoms with Crippen LogP contribution in [0, 0.1) is 0 Å². The first kappa shape index (κ1) is 20.8. The molecule has 0 aliphatic rings. The van der Waals surface area contributed by atoms with Crippen LogP contribution in [0.5, 0.6) is 5.75 Å². The molecular weight excluding hydrogens is 462 g/mol. The molecule has 0 aliphatic heterocycles. The van der Waals surface area contributed by atoms with E-state index in [0.717, 1.165) is 11.3 Å². The largest absolute Gasteiger partial charge is 0.507 e. The molecule has 0 unspecified atom stereocenters. The summed E-state index contributed by atoms with van der Waals surface area (Å²) in [5.41, 5.74) is 1.27. The van der Waals surface area contributed by atoms with Crippen molar-refractivity contribution in [1.29, 1.82) is 0 Å². The van der Waals surface area contributed by atoms with Gasteiger partial charge in [-0.1, -0.05) is 11.6 Å². The predicted octanol–water partition coefficient (Wildman–Crippen LogP) is 3.95. The standard InChI is InChI=1S/C19H14ClN5O4S2/c20-11-1-6-17(26)14(9-11)15-10-16(24-23-15)18(27)22-12-2-4-13(5-3-12)31(28,29)25-19-21-7-8-30-19/h1-10,26H,(H,21,25)(H,22,27)(H,23,24). The predicted molar refractivity (Wildman–Crippen MR) is 118 cm³/mol. The molecular formula is C19H14ClN5O4S2. The molecule has 31 heavy (non-hydrogen) atoms. The number of sulfonamides is 1. The van der Waals surface area contributed by atoms with E-state index in [1.807, 2.05) is 0 Å². The van der Waals surface area contributed by atoms with Gasteiger partial charge in [0.2, 0.25) is 0 Å². The lowest BCUT2D eigenvalue weighted by Gasteiger charge is -2.07. The molecule has 158 valence electrons. The van der Waals surface area contributed by atoms with Crippen molar-refractivity contribution >= 4 is 49.7 Å². The molecule has 0 fully saturated rings. The molecule has 12 heteroatoms. The van der Waals surface area contributed by atoms with Gasteiger partial charge >= 0.3 is 0 Å². The number of thiazole rings is 1. The SMILES string of the molecule is O=C(Nc1ccc(S(=O)(=O)Nc2nccs2)cc1)c1cc(-c2cc(Cl)ccc2O)n[nH]1. The zero-order chi connectivity index (χ0) is 22.0. The van der Waals surface area contributed by atoms with Gasteiger partial charge in [0.15, 0.2) is 5.13 Å². The summed E-state index contributed by atoms with van der Waals surface area (Å²) < 4.78 is 27.1. The van der Waals surface area contributed by atoms with Gasteiger partial charge in [-0.05, 0) is 48.5 Å². The van der Waals surface area contributed by atoms with Crippen molar-refractivity contribution in [3.63, 3.8) is 0 Å². The minimum atomic E-state index is -3.78. The number of carbonyl (C=O) groups excluding carboxylic acids is 1. The Morgan fingerprint density at radius 3 is 2.61 bits per heavy atom. The Balaban J connectivity index is 1.47. The number of rotatable bonds is 6. The van der Waals surface area contributed by atoms with E-state index in [0.29, 0.717) is 22.0 Å². The summed E-state index contributed by atoms with van der Waals surface area (Å²) in [5.74, 6) is -0.511. The molecule has 0 radical (unpaired) electrons. The lowest BCUT2D eigenvalue weighted by molar-refractivity contribution is 0.102. The maximum absolute atomic E-state index is 12.5. The third-order valence-corrected chi connectivity index (χ3v) is 6.54. The number of hydrogen-bond donors (Lipinski definition) is 4. The fourth-order valence-corrected chi connectivity index (χ4v) is 4.61. The first-order valence-electron chi connectivity index (χ1n) is 8.70. The number of nitrogens with zero attached hydrogens (tertiary/aromatic N) is 2. The van der Waals surface area contributed by atoms with Crippen LogP contribution >= 0.6 is 22.9 Å². The number of aromatic nitrogens is 3. The van der Waals surface area contributed by atoms with Gasteiger partial charge in [-0.3, -0.25) is 14.6 Å². The molecule has 4 aromatic rings. The van der Waals surface area contributed by atoms with E-state index in [1.165, 1.54) is 54.7 Å².